The van der Waals surface area contributed by atoms with E-state index in [1.807, 2.05) is 29.4 Å². The fourth-order valence-corrected chi connectivity index (χ4v) is 1.57. The van der Waals surface area contributed by atoms with Crippen LogP contribution in [0.1, 0.15) is 26.5 Å². The van der Waals surface area contributed by atoms with E-state index in [4.69, 9.17) is 0 Å². The van der Waals surface area contributed by atoms with Gasteiger partial charge in [0, 0.05) is 11.7 Å². The molecule has 0 aromatic carbocycles. The molecule has 0 fully saturated rings. The molecule has 0 saturated carbocycles. The molecule has 2 heterocycles. The summed E-state index contributed by atoms with van der Waals surface area (Å²) in [6.07, 6.45) is 3.61. The third-order valence-electron chi connectivity index (χ3n) is 2.32. The summed E-state index contributed by atoms with van der Waals surface area (Å²) in [6, 6.07) is 5.90. The van der Waals surface area contributed by atoms with E-state index in [0.717, 1.165) is 12.2 Å². The van der Waals surface area contributed by atoms with Gasteiger partial charge in [0.25, 0.3) is 0 Å². The van der Waals surface area contributed by atoms with E-state index in [-0.39, 0.29) is 5.54 Å². The van der Waals surface area contributed by atoms with Gasteiger partial charge in [0.2, 0.25) is 5.96 Å². The Kier molecular flexibility index (Phi) is 3.60. The first kappa shape index (κ1) is 12.5. The number of rotatable bonds is 2. The second-order valence-corrected chi connectivity index (χ2v) is 5.31. The second kappa shape index (κ2) is 5.16. The highest BCUT2D eigenvalue weighted by Gasteiger charge is 2.14. The van der Waals surface area contributed by atoms with Gasteiger partial charge in [0.1, 0.15) is 6.67 Å². The summed E-state index contributed by atoms with van der Waals surface area (Å²) in [5.74, 6) is 0.694. The monoisotopic (exact) mass is 245 g/mol. The van der Waals surface area contributed by atoms with E-state index >= 15 is 0 Å². The van der Waals surface area contributed by atoms with Gasteiger partial charge in [-0.25, -0.2) is 9.98 Å². The van der Waals surface area contributed by atoms with E-state index in [2.05, 4.69) is 41.1 Å². The Labute approximate surface area is 108 Å². The maximum absolute atomic E-state index is 4.40. The lowest BCUT2D eigenvalue weighted by Crippen LogP contribution is -2.42. The van der Waals surface area contributed by atoms with Crippen LogP contribution in [0, 0.1) is 0 Å². The molecule has 0 atom stereocenters. The summed E-state index contributed by atoms with van der Waals surface area (Å²) < 4.78 is 0. The zero-order valence-corrected chi connectivity index (χ0v) is 11.1. The van der Waals surface area contributed by atoms with Crippen LogP contribution in [0.3, 0.4) is 0 Å². The molecule has 0 aliphatic carbocycles. The molecule has 0 spiro atoms. The van der Waals surface area contributed by atoms with Crippen LogP contribution in [0.15, 0.2) is 34.4 Å². The average Bonchev–Trinajstić information content (AvgIpc) is 2.31. The lowest BCUT2D eigenvalue weighted by molar-refractivity contribution is 0.422. The zero-order chi connectivity index (χ0) is 13.0. The maximum Gasteiger partial charge on any atom is 0.221 e. The number of aromatic nitrogens is 1. The van der Waals surface area contributed by atoms with Crippen LogP contribution in [-0.4, -0.2) is 34.4 Å². The van der Waals surface area contributed by atoms with Gasteiger partial charge in [-0.05, 0) is 32.9 Å². The number of nitrogens with one attached hydrogen (secondary N) is 1. The second-order valence-electron chi connectivity index (χ2n) is 5.31. The molecular formula is C13H19N5. The summed E-state index contributed by atoms with van der Waals surface area (Å²) in [6.45, 7) is 7.61. The van der Waals surface area contributed by atoms with Gasteiger partial charge >= 0.3 is 0 Å². The van der Waals surface area contributed by atoms with E-state index in [1.165, 1.54) is 0 Å². The van der Waals surface area contributed by atoms with Crippen molar-refractivity contribution in [3.8, 4) is 0 Å². The van der Waals surface area contributed by atoms with Crippen molar-refractivity contribution < 1.29 is 0 Å². The number of aliphatic imine (C=N–C) groups is 2. The van der Waals surface area contributed by atoms with Crippen molar-refractivity contribution in [3.63, 3.8) is 0 Å². The third kappa shape index (κ3) is 3.84. The SMILES string of the molecule is CC(C)(C)NC1=NCN(Cc2ccccn2)C=N1. The van der Waals surface area contributed by atoms with Crippen molar-refractivity contribution in [2.45, 2.75) is 32.9 Å². The van der Waals surface area contributed by atoms with Gasteiger partial charge < -0.3 is 10.2 Å². The molecule has 2 rings (SSSR count). The molecule has 5 nitrogen and oxygen atoms in total. The van der Waals surface area contributed by atoms with Crippen LogP contribution >= 0.6 is 0 Å². The number of nitrogens with zero attached hydrogens (tertiary/aromatic N) is 4. The molecule has 1 aromatic heterocycles. The molecule has 0 radical (unpaired) electrons. The summed E-state index contributed by atoms with van der Waals surface area (Å²) >= 11 is 0. The van der Waals surface area contributed by atoms with E-state index < -0.39 is 0 Å². The first-order chi connectivity index (χ1) is 8.53. The van der Waals surface area contributed by atoms with Gasteiger partial charge in [-0.15, -0.1) is 0 Å². The van der Waals surface area contributed by atoms with E-state index in [1.54, 1.807) is 6.20 Å². The van der Waals surface area contributed by atoms with Crippen molar-refractivity contribution in [1.29, 1.82) is 0 Å². The smallest absolute Gasteiger partial charge is 0.221 e. The molecule has 96 valence electrons. The van der Waals surface area contributed by atoms with Gasteiger partial charge in [-0.1, -0.05) is 6.07 Å². The first-order valence-electron chi connectivity index (χ1n) is 6.04. The Bertz CT molecular complexity index is 444. The molecule has 18 heavy (non-hydrogen) atoms. The lowest BCUT2D eigenvalue weighted by Gasteiger charge is -2.25. The standard InChI is InChI=1S/C13H19N5/c1-13(2,3)17-12-15-9-18(10-16-12)8-11-6-4-5-7-14-11/h4-7,9H,8,10H2,1-3H3,(H,16,17). The Hall–Kier alpha value is -1.91. The van der Waals surface area contributed by atoms with Gasteiger partial charge in [0.15, 0.2) is 0 Å². The Balaban J connectivity index is 1.89. The summed E-state index contributed by atoms with van der Waals surface area (Å²) in [5.41, 5.74) is 1.01. The highest BCUT2D eigenvalue weighted by atomic mass is 15.3. The molecule has 5 heteroatoms. The molecule has 0 amide bonds. The van der Waals surface area contributed by atoms with Gasteiger partial charge in [-0.2, -0.15) is 0 Å². The summed E-state index contributed by atoms with van der Waals surface area (Å²) in [7, 11) is 0. The Morgan fingerprint density at radius 1 is 1.33 bits per heavy atom. The van der Waals surface area contributed by atoms with Crippen molar-refractivity contribution in [2.24, 2.45) is 9.98 Å². The van der Waals surface area contributed by atoms with E-state index in [0.29, 0.717) is 12.6 Å². The first-order valence-corrected chi connectivity index (χ1v) is 6.04. The van der Waals surface area contributed by atoms with Crippen molar-refractivity contribution >= 4 is 12.3 Å². The maximum atomic E-state index is 4.40. The largest absolute Gasteiger partial charge is 0.350 e. The van der Waals surface area contributed by atoms with E-state index in [9.17, 15) is 0 Å². The summed E-state index contributed by atoms with van der Waals surface area (Å²) in [5, 5.41) is 3.25. The normalized spacial score (nSPS) is 15.5. The predicted octanol–water partition coefficient (Wildman–Crippen LogP) is 1.63. The predicted molar refractivity (Wildman–Crippen MR) is 73.5 cm³/mol. The van der Waals surface area contributed by atoms with Crippen LogP contribution in [0.5, 0.6) is 0 Å². The molecule has 1 aromatic rings. The summed E-state index contributed by atoms with van der Waals surface area (Å²) in [4.78, 5) is 15.0. The van der Waals surface area contributed by atoms with Crippen LogP contribution in [0.2, 0.25) is 0 Å². The fraction of sp³-hybridized carbons (Fsp3) is 0.462. The van der Waals surface area contributed by atoms with Crippen molar-refractivity contribution in [3.05, 3.63) is 30.1 Å². The topological polar surface area (TPSA) is 52.9 Å². The highest BCUT2D eigenvalue weighted by molar-refractivity contribution is 5.89. The number of hydrogen-bond donors (Lipinski definition) is 1. The minimum absolute atomic E-state index is 0.0146. The van der Waals surface area contributed by atoms with Crippen LogP contribution in [0.25, 0.3) is 0 Å². The third-order valence-corrected chi connectivity index (χ3v) is 2.32. The van der Waals surface area contributed by atoms with Crippen LogP contribution in [-0.2, 0) is 6.54 Å². The molecule has 1 aliphatic heterocycles. The average molecular weight is 245 g/mol. The van der Waals surface area contributed by atoms with Gasteiger partial charge in [-0.3, -0.25) is 4.98 Å². The Morgan fingerprint density at radius 3 is 2.72 bits per heavy atom. The molecule has 0 saturated heterocycles. The van der Waals surface area contributed by atoms with Crippen LogP contribution < -0.4 is 5.32 Å². The van der Waals surface area contributed by atoms with Crippen molar-refractivity contribution in [1.82, 2.24) is 15.2 Å². The fourth-order valence-electron chi connectivity index (χ4n) is 1.57. The molecular weight excluding hydrogens is 226 g/mol. The quantitative estimate of drug-likeness (QED) is 0.861. The zero-order valence-electron chi connectivity index (χ0n) is 11.1. The number of hydrogen-bond acceptors (Lipinski definition) is 5. The number of guanidine groups is 1. The minimum Gasteiger partial charge on any atom is -0.350 e. The Morgan fingerprint density at radius 2 is 2.17 bits per heavy atom. The molecule has 0 bridgehead atoms. The molecule has 1 N–H and O–H groups in total. The van der Waals surface area contributed by atoms with Crippen molar-refractivity contribution in [2.75, 3.05) is 6.67 Å². The molecule has 1 aliphatic rings. The lowest BCUT2D eigenvalue weighted by atomic mass is 10.1. The van der Waals surface area contributed by atoms with Gasteiger partial charge in [0.05, 0.1) is 18.6 Å². The molecule has 0 unspecified atom stereocenters. The van der Waals surface area contributed by atoms with Crippen LogP contribution in [0.4, 0.5) is 0 Å². The highest BCUT2D eigenvalue weighted by Crippen LogP contribution is 2.04. The minimum atomic E-state index is -0.0146. The number of pyridine rings is 1.